The molecule has 1 aromatic carbocycles. The number of rotatable bonds is 1. The average Bonchev–Trinajstić information content (AvgIpc) is 2.63. The van der Waals surface area contributed by atoms with Crippen molar-refractivity contribution in [1.29, 1.82) is 0 Å². The molecule has 3 heteroatoms. The molecule has 0 bridgehead atoms. The van der Waals surface area contributed by atoms with E-state index in [4.69, 9.17) is 5.73 Å². The summed E-state index contributed by atoms with van der Waals surface area (Å²) in [7, 11) is 0. The molecule has 0 unspecified atom stereocenters. The van der Waals surface area contributed by atoms with Crippen molar-refractivity contribution < 1.29 is 0 Å². The van der Waals surface area contributed by atoms with Crippen molar-refractivity contribution in [1.82, 2.24) is 10.2 Å². The molecule has 0 saturated heterocycles. The second-order valence-electron chi connectivity index (χ2n) is 3.50. The van der Waals surface area contributed by atoms with E-state index in [9.17, 15) is 0 Å². The highest BCUT2D eigenvalue weighted by Crippen LogP contribution is 2.27. The molecule has 0 aliphatic heterocycles. The molecule has 0 fully saturated rings. The van der Waals surface area contributed by atoms with Crippen molar-refractivity contribution >= 4 is 5.69 Å². The monoisotopic (exact) mass is 187 g/mol. The van der Waals surface area contributed by atoms with E-state index in [-0.39, 0.29) is 0 Å². The Balaban J connectivity index is 2.64. The zero-order chi connectivity index (χ0) is 10.1. The number of nitrogens with two attached hydrogens (primary N) is 1. The van der Waals surface area contributed by atoms with Gasteiger partial charge in [0, 0.05) is 17.4 Å². The predicted molar refractivity (Wildman–Crippen MR) is 57.9 cm³/mol. The quantitative estimate of drug-likeness (QED) is 0.673. The Labute approximate surface area is 83.0 Å². The number of benzene rings is 1. The van der Waals surface area contributed by atoms with Crippen LogP contribution < -0.4 is 5.73 Å². The minimum Gasteiger partial charge on any atom is -0.399 e. The summed E-state index contributed by atoms with van der Waals surface area (Å²) in [5.74, 6) is 0. The molecular weight excluding hydrogens is 174 g/mol. The van der Waals surface area contributed by atoms with Crippen LogP contribution in [0.25, 0.3) is 11.1 Å². The minimum atomic E-state index is 0.796. The summed E-state index contributed by atoms with van der Waals surface area (Å²) in [5.41, 5.74) is 11.3. The first-order valence-electron chi connectivity index (χ1n) is 4.54. The zero-order valence-electron chi connectivity index (χ0n) is 8.33. The van der Waals surface area contributed by atoms with Gasteiger partial charge >= 0.3 is 0 Å². The highest BCUT2D eigenvalue weighted by Gasteiger charge is 2.05. The van der Waals surface area contributed by atoms with Crippen LogP contribution in [0.4, 0.5) is 5.69 Å². The Morgan fingerprint density at radius 3 is 2.71 bits per heavy atom. The lowest BCUT2D eigenvalue weighted by Crippen LogP contribution is -1.91. The Hall–Kier alpha value is -1.77. The van der Waals surface area contributed by atoms with E-state index >= 15 is 0 Å². The average molecular weight is 187 g/mol. The molecule has 0 aliphatic carbocycles. The van der Waals surface area contributed by atoms with Gasteiger partial charge in [-0.1, -0.05) is 0 Å². The summed E-state index contributed by atoms with van der Waals surface area (Å²) in [5, 5.41) is 6.74. The molecule has 1 aromatic heterocycles. The summed E-state index contributed by atoms with van der Waals surface area (Å²) in [4.78, 5) is 0. The third-order valence-electron chi connectivity index (χ3n) is 2.50. The van der Waals surface area contributed by atoms with Crippen LogP contribution in [0.5, 0.6) is 0 Å². The molecule has 0 spiro atoms. The number of nitrogens with one attached hydrogen (secondary N) is 1. The fourth-order valence-electron chi connectivity index (χ4n) is 1.59. The lowest BCUT2D eigenvalue weighted by Gasteiger charge is -2.08. The third kappa shape index (κ3) is 1.37. The minimum absolute atomic E-state index is 0.796. The Bertz CT molecular complexity index is 444. The molecule has 3 N–H and O–H groups in total. The van der Waals surface area contributed by atoms with Crippen LogP contribution in [0.3, 0.4) is 0 Å². The Kier molecular flexibility index (Phi) is 2.00. The highest BCUT2D eigenvalue weighted by atomic mass is 15.1. The van der Waals surface area contributed by atoms with Gasteiger partial charge in [-0.15, -0.1) is 0 Å². The summed E-state index contributed by atoms with van der Waals surface area (Å²) >= 11 is 0. The normalized spacial score (nSPS) is 10.4. The zero-order valence-corrected chi connectivity index (χ0v) is 8.33. The molecule has 1 heterocycles. The molecule has 14 heavy (non-hydrogen) atoms. The summed E-state index contributed by atoms with van der Waals surface area (Å²) < 4.78 is 0. The molecule has 72 valence electrons. The van der Waals surface area contributed by atoms with Gasteiger partial charge in [0.15, 0.2) is 0 Å². The van der Waals surface area contributed by atoms with E-state index in [0.29, 0.717) is 0 Å². The third-order valence-corrected chi connectivity index (χ3v) is 2.50. The number of nitrogen functional groups attached to an aromatic ring is 1. The molecule has 0 saturated carbocycles. The maximum Gasteiger partial charge on any atom is 0.0565 e. The SMILES string of the molecule is Cc1cc(N)cc(-c2cn[nH]c2)c1C. The number of hydrogen-bond acceptors (Lipinski definition) is 2. The van der Waals surface area contributed by atoms with E-state index in [1.807, 2.05) is 18.3 Å². The number of H-pyrrole nitrogens is 1. The Morgan fingerprint density at radius 2 is 2.07 bits per heavy atom. The van der Waals surface area contributed by atoms with Gasteiger partial charge < -0.3 is 5.73 Å². The van der Waals surface area contributed by atoms with Crippen molar-refractivity contribution in [3.05, 3.63) is 35.7 Å². The van der Waals surface area contributed by atoms with Crippen LogP contribution in [-0.4, -0.2) is 10.2 Å². The van der Waals surface area contributed by atoms with Crippen molar-refractivity contribution in [2.45, 2.75) is 13.8 Å². The highest BCUT2D eigenvalue weighted by molar-refractivity contribution is 5.71. The lowest BCUT2D eigenvalue weighted by atomic mass is 9.98. The van der Waals surface area contributed by atoms with Crippen molar-refractivity contribution in [3.8, 4) is 11.1 Å². The van der Waals surface area contributed by atoms with E-state index in [1.165, 1.54) is 11.1 Å². The number of anilines is 1. The summed E-state index contributed by atoms with van der Waals surface area (Å²) in [6, 6.07) is 3.96. The van der Waals surface area contributed by atoms with Crippen molar-refractivity contribution in [2.24, 2.45) is 0 Å². The van der Waals surface area contributed by atoms with Crippen LogP contribution in [-0.2, 0) is 0 Å². The number of aromatic nitrogens is 2. The van der Waals surface area contributed by atoms with Crippen LogP contribution in [0.15, 0.2) is 24.5 Å². The van der Waals surface area contributed by atoms with E-state index in [1.54, 1.807) is 6.20 Å². The molecule has 2 aromatic rings. The topological polar surface area (TPSA) is 54.7 Å². The molecule has 0 aliphatic rings. The standard InChI is InChI=1S/C11H13N3/c1-7-3-10(12)4-11(8(7)2)9-5-13-14-6-9/h3-6H,12H2,1-2H3,(H,13,14). The Morgan fingerprint density at radius 1 is 1.29 bits per heavy atom. The number of hydrogen-bond donors (Lipinski definition) is 2. The summed E-state index contributed by atoms with van der Waals surface area (Å²) in [6.07, 6.45) is 3.68. The molecular formula is C11H13N3. The fourth-order valence-corrected chi connectivity index (χ4v) is 1.59. The smallest absolute Gasteiger partial charge is 0.0565 e. The second-order valence-corrected chi connectivity index (χ2v) is 3.50. The largest absolute Gasteiger partial charge is 0.399 e. The van der Waals surface area contributed by atoms with Gasteiger partial charge in [0.2, 0.25) is 0 Å². The second kappa shape index (κ2) is 3.18. The fraction of sp³-hybridized carbons (Fsp3) is 0.182. The lowest BCUT2D eigenvalue weighted by molar-refractivity contribution is 1.09. The number of aryl methyl sites for hydroxylation is 1. The van der Waals surface area contributed by atoms with Gasteiger partial charge in [-0.2, -0.15) is 5.10 Å². The van der Waals surface area contributed by atoms with Crippen molar-refractivity contribution in [3.63, 3.8) is 0 Å². The van der Waals surface area contributed by atoms with Crippen LogP contribution in [0, 0.1) is 13.8 Å². The molecule has 3 nitrogen and oxygen atoms in total. The van der Waals surface area contributed by atoms with Gasteiger partial charge in [0.1, 0.15) is 0 Å². The first kappa shape index (κ1) is 8.81. The predicted octanol–water partition coefficient (Wildman–Crippen LogP) is 2.28. The van der Waals surface area contributed by atoms with Gasteiger partial charge in [-0.25, -0.2) is 0 Å². The van der Waals surface area contributed by atoms with Crippen molar-refractivity contribution in [2.75, 3.05) is 5.73 Å². The molecule has 2 rings (SSSR count). The van der Waals surface area contributed by atoms with Gasteiger partial charge in [-0.05, 0) is 42.7 Å². The molecule has 0 radical (unpaired) electrons. The number of aromatic amines is 1. The summed E-state index contributed by atoms with van der Waals surface area (Å²) in [6.45, 7) is 4.16. The van der Waals surface area contributed by atoms with Gasteiger partial charge in [0.25, 0.3) is 0 Å². The first-order chi connectivity index (χ1) is 6.68. The first-order valence-corrected chi connectivity index (χ1v) is 4.54. The van der Waals surface area contributed by atoms with E-state index in [0.717, 1.165) is 16.8 Å². The molecule has 0 amide bonds. The van der Waals surface area contributed by atoms with E-state index in [2.05, 4.69) is 24.0 Å². The van der Waals surface area contributed by atoms with Crippen LogP contribution in [0.2, 0.25) is 0 Å². The maximum absolute atomic E-state index is 5.80. The molecule has 0 atom stereocenters. The van der Waals surface area contributed by atoms with Crippen LogP contribution in [0.1, 0.15) is 11.1 Å². The maximum atomic E-state index is 5.80. The van der Waals surface area contributed by atoms with Gasteiger partial charge in [0.05, 0.1) is 6.20 Å². The van der Waals surface area contributed by atoms with E-state index < -0.39 is 0 Å². The van der Waals surface area contributed by atoms with Crippen LogP contribution >= 0.6 is 0 Å². The number of nitrogens with zero attached hydrogens (tertiary/aromatic N) is 1. The van der Waals surface area contributed by atoms with Gasteiger partial charge in [-0.3, -0.25) is 5.10 Å².